The van der Waals surface area contributed by atoms with E-state index in [2.05, 4.69) is 36.6 Å². The standard InChI is InChI=1S/C13H25N3O2/c1-10(2)6-14-7-11(3)15-8-12-5-13(9-17-4)18-16-12/h5,10-11,14-15H,6-9H2,1-4H3. The van der Waals surface area contributed by atoms with Gasteiger partial charge in [-0.1, -0.05) is 19.0 Å². The molecule has 0 aliphatic rings. The molecule has 0 amide bonds. The minimum Gasteiger partial charge on any atom is -0.377 e. The first kappa shape index (κ1) is 15.1. The van der Waals surface area contributed by atoms with Crippen molar-refractivity contribution in [2.75, 3.05) is 20.2 Å². The van der Waals surface area contributed by atoms with Crippen LogP contribution in [0.25, 0.3) is 0 Å². The van der Waals surface area contributed by atoms with E-state index in [1.165, 1.54) is 0 Å². The van der Waals surface area contributed by atoms with Crippen LogP contribution < -0.4 is 10.6 Å². The lowest BCUT2D eigenvalue weighted by Gasteiger charge is -2.14. The van der Waals surface area contributed by atoms with E-state index in [1.807, 2.05) is 6.07 Å². The molecule has 5 nitrogen and oxygen atoms in total. The second-order valence-electron chi connectivity index (χ2n) is 5.05. The molecule has 0 saturated carbocycles. The maximum atomic E-state index is 5.12. The molecule has 0 bridgehead atoms. The second-order valence-corrected chi connectivity index (χ2v) is 5.05. The topological polar surface area (TPSA) is 59.3 Å². The van der Waals surface area contributed by atoms with Crippen LogP contribution in [0.3, 0.4) is 0 Å². The minimum atomic E-state index is 0.409. The van der Waals surface area contributed by atoms with Gasteiger partial charge in [-0.2, -0.15) is 0 Å². The van der Waals surface area contributed by atoms with Crippen LogP contribution >= 0.6 is 0 Å². The summed E-state index contributed by atoms with van der Waals surface area (Å²) in [5.74, 6) is 1.45. The number of hydrogen-bond acceptors (Lipinski definition) is 5. The smallest absolute Gasteiger partial charge is 0.162 e. The van der Waals surface area contributed by atoms with Crippen molar-refractivity contribution in [2.45, 2.75) is 40.0 Å². The van der Waals surface area contributed by atoms with Crippen LogP contribution in [0.5, 0.6) is 0 Å². The highest BCUT2D eigenvalue weighted by Gasteiger charge is 2.06. The summed E-state index contributed by atoms with van der Waals surface area (Å²) in [7, 11) is 1.64. The molecule has 2 N–H and O–H groups in total. The van der Waals surface area contributed by atoms with Crippen molar-refractivity contribution in [2.24, 2.45) is 5.92 Å². The maximum Gasteiger partial charge on any atom is 0.162 e. The van der Waals surface area contributed by atoms with Crippen molar-refractivity contribution in [1.82, 2.24) is 15.8 Å². The third kappa shape index (κ3) is 6.14. The largest absolute Gasteiger partial charge is 0.377 e. The molecule has 18 heavy (non-hydrogen) atoms. The molecular weight excluding hydrogens is 230 g/mol. The molecule has 1 unspecified atom stereocenters. The summed E-state index contributed by atoms with van der Waals surface area (Å²) >= 11 is 0. The molecule has 0 spiro atoms. The number of hydrogen-bond donors (Lipinski definition) is 2. The first-order chi connectivity index (χ1) is 8.61. The molecule has 0 fully saturated rings. The third-order valence-corrected chi connectivity index (χ3v) is 2.53. The van der Waals surface area contributed by atoms with Gasteiger partial charge in [-0.3, -0.25) is 0 Å². The highest BCUT2D eigenvalue weighted by atomic mass is 16.5. The second kappa shape index (κ2) is 8.24. The third-order valence-electron chi connectivity index (χ3n) is 2.53. The molecule has 1 heterocycles. The Kier molecular flexibility index (Phi) is 6.93. The first-order valence-corrected chi connectivity index (χ1v) is 6.49. The molecule has 1 aromatic rings. The fourth-order valence-electron chi connectivity index (χ4n) is 1.59. The fourth-order valence-corrected chi connectivity index (χ4v) is 1.59. The van der Waals surface area contributed by atoms with Gasteiger partial charge in [0.15, 0.2) is 5.76 Å². The van der Waals surface area contributed by atoms with Gasteiger partial charge in [0, 0.05) is 32.3 Å². The fraction of sp³-hybridized carbons (Fsp3) is 0.769. The van der Waals surface area contributed by atoms with Crippen molar-refractivity contribution in [3.8, 4) is 0 Å². The lowest BCUT2D eigenvalue weighted by atomic mass is 10.2. The Morgan fingerprint density at radius 2 is 2.11 bits per heavy atom. The van der Waals surface area contributed by atoms with E-state index in [-0.39, 0.29) is 0 Å². The summed E-state index contributed by atoms with van der Waals surface area (Å²) in [6, 6.07) is 2.33. The van der Waals surface area contributed by atoms with Gasteiger partial charge in [-0.05, 0) is 19.4 Å². The van der Waals surface area contributed by atoms with E-state index in [0.717, 1.165) is 31.1 Å². The van der Waals surface area contributed by atoms with Gasteiger partial charge >= 0.3 is 0 Å². The molecule has 1 aromatic heterocycles. The molecule has 1 atom stereocenters. The quantitative estimate of drug-likeness (QED) is 0.701. The van der Waals surface area contributed by atoms with Crippen LogP contribution in [0.1, 0.15) is 32.2 Å². The summed E-state index contributed by atoms with van der Waals surface area (Å²) in [4.78, 5) is 0. The van der Waals surface area contributed by atoms with Gasteiger partial charge in [0.2, 0.25) is 0 Å². The molecule has 1 rings (SSSR count). The zero-order valence-corrected chi connectivity index (χ0v) is 11.8. The van der Waals surface area contributed by atoms with Crippen LogP contribution in [0, 0.1) is 5.92 Å². The van der Waals surface area contributed by atoms with Crippen LogP contribution in [0.2, 0.25) is 0 Å². The zero-order valence-electron chi connectivity index (χ0n) is 11.8. The van der Waals surface area contributed by atoms with Crippen molar-refractivity contribution in [3.63, 3.8) is 0 Å². The van der Waals surface area contributed by atoms with E-state index in [0.29, 0.717) is 18.6 Å². The Labute approximate surface area is 109 Å². The first-order valence-electron chi connectivity index (χ1n) is 6.49. The van der Waals surface area contributed by atoms with E-state index in [9.17, 15) is 0 Å². The van der Waals surface area contributed by atoms with Gasteiger partial charge in [0.1, 0.15) is 6.61 Å². The van der Waals surface area contributed by atoms with Crippen LogP contribution in [-0.2, 0) is 17.9 Å². The Bertz CT molecular complexity index is 326. The predicted molar refractivity (Wildman–Crippen MR) is 71.2 cm³/mol. The number of methoxy groups -OCH3 is 1. The van der Waals surface area contributed by atoms with E-state index < -0.39 is 0 Å². The summed E-state index contributed by atoms with van der Waals surface area (Å²) in [5.41, 5.74) is 0.915. The van der Waals surface area contributed by atoms with Crippen molar-refractivity contribution in [1.29, 1.82) is 0 Å². The van der Waals surface area contributed by atoms with Gasteiger partial charge in [0.05, 0.1) is 5.69 Å². The number of ether oxygens (including phenoxy) is 1. The average Bonchev–Trinajstić information content (AvgIpc) is 2.74. The Morgan fingerprint density at radius 3 is 2.78 bits per heavy atom. The summed E-state index contributed by atoms with van der Waals surface area (Å²) in [5, 5.41) is 10.8. The number of nitrogens with zero attached hydrogens (tertiary/aromatic N) is 1. The molecule has 0 saturated heterocycles. The number of rotatable bonds is 9. The maximum absolute atomic E-state index is 5.12. The molecule has 0 radical (unpaired) electrons. The SMILES string of the molecule is COCc1cc(CNC(C)CNCC(C)C)no1. The van der Waals surface area contributed by atoms with Gasteiger partial charge in [0.25, 0.3) is 0 Å². The van der Waals surface area contributed by atoms with E-state index in [1.54, 1.807) is 7.11 Å². The van der Waals surface area contributed by atoms with Crippen molar-refractivity contribution < 1.29 is 9.26 Å². The minimum absolute atomic E-state index is 0.409. The Balaban J connectivity index is 2.18. The average molecular weight is 255 g/mol. The molecule has 0 aliphatic heterocycles. The summed E-state index contributed by atoms with van der Waals surface area (Å²) < 4.78 is 10.1. The monoisotopic (exact) mass is 255 g/mol. The highest BCUT2D eigenvalue weighted by Crippen LogP contribution is 2.04. The molecule has 0 aromatic carbocycles. The number of aromatic nitrogens is 1. The van der Waals surface area contributed by atoms with Crippen LogP contribution in [0.4, 0.5) is 0 Å². The van der Waals surface area contributed by atoms with Crippen LogP contribution in [0.15, 0.2) is 10.6 Å². The van der Waals surface area contributed by atoms with Crippen LogP contribution in [-0.4, -0.2) is 31.4 Å². The predicted octanol–water partition coefficient (Wildman–Crippen LogP) is 1.54. The highest BCUT2D eigenvalue weighted by molar-refractivity contribution is 5.04. The van der Waals surface area contributed by atoms with Crippen molar-refractivity contribution >= 4 is 0 Å². The number of nitrogens with one attached hydrogen (secondary N) is 2. The normalized spacial score (nSPS) is 13.2. The Hall–Kier alpha value is -0.910. The van der Waals surface area contributed by atoms with E-state index in [4.69, 9.17) is 9.26 Å². The molecule has 104 valence electrons. The molecule has 5 heteroatoms. The lowest BCUT2D eigenvalue weighted by Crippen LogP contribution is -2.37. The molecule has 0 aliphatic carbocycles. The van der Waals surface area contributed by atoms with Crippen molar-refractivity contribution in [3.05, 3.63) is 17.5 Å². The Morgan fingerprint density at radius 1 is 1.33 bits per heavy atom. The van der Waals surface area contributed by atoms with Gasteiger partial charge in [-0.15, -0.1) is 0 Å². The van der Waals surface area contributed by atoms with E-state index >= 15 is 0 Å². The molecular formula is C13H25N3O2. The summed E-state index contributed by atoms with van der Waals surface area (Å²) in [6.45, 7) is 9.77. The van der Waals surface area contributed by atoms with Gasteiger partial charge in [-0.25, -0.2) is 0 Å². The zero-order chi connectivity index (χ0) is 13.4. The lowest BCUT2D eigenvalue weighted by molar-refractivity contribution is 0.155. The summed E-state index contributed by atoms with van der Waals surface area (Å²) in [6.07, 6.45) is 0. The van der Waals surface area contributed by atoms with Gasteiger partial charge < -0.3 is 19.9 Å².